The molecular formula is C21H25N3O3. The van der Waals surface area contributed by atoms with E-state index in [1.807, 2.05) is 11.8 Å². The molecule has 1 aromatic carbocycles. The molecule has 1 fully saturated rings. The maximum Gasteiger partial charge on any atom is 0.303 e. The van der Waals surface area contributed by atoms with E-state index >= 15 is 0 Å². The maximum absolute atomic E-state index is 12.6. The van der Waals surface area contributed by atoms with Crippen LogP contribution in [0.5, 0.6) is 0 Å². The highest BCUT2D eigenvalue weighted by Gasteiger charge is 2.28. The number of piperazine rings is 1. The number of aryl methyl sites for hydroxylation is 1. The minimum Gasteiger partial charge on any atom is -0.481 e. The number of carboxylic acids is 1. The smallest absolute Gasteiger partial charge is 0.303 e. The number of amides is 1. The second kappa shape index (κ2) is 8.77. The topological polar surface area (TPSA) is 73.7 Å². The van der Waals surface area contributed by atoms with Gasteiger partial charge in [0.05, 0.1) is 5.56 Å². The van der Waals surface area contributed by atoms with Crippen molar-refractivity contribution in [3.8, 4) is 0 Å². The number of pyridine rings is 1. The molecule has 1 amide bonds. The molecule has 27 heavy (non-hydrogen) atoms. The lowest BCUT2D eigenvalue weighted by molar-refractivity contribution is -0.137. The predicted octanol–water partition coefficient (Wildman–Crippen LogP) is 2.75. The molecule has 2 aromatic rings. The molecule has 0 aliphatic carbocycles. The van der Waals surface area contributed by atoms with E-state index in [0.717, 1.165) is 18.7 Å². The number of carbonyl (C=O) groups is 2. The monoisotopic (exact) mass is 367 g/mol. The largest absolute Gasteiger partial charge is 0.481 e. The highest BCUT2D eigenvalue weighted by atomic mass is 16.4. The first-order valence-corrected chi connectivity index (χ1v) is 9.26. The molecule has 0 bridgehead atoms. The van der Waals surface area contributed by atoms with Crippen LogP contribution in [0.3, 0.4) is 0 Å². The number of carboxylic acid groups (broad SMARTS) is 1. The molecule has 0 radical (unpaired) electrons. The van der Waals surface area contributed by atoms with E-state index in [1.54, 1.807) is 24.5 Å². The van der Waals surface area contributed by atoms with E-state index in [0.29, 0.717) is 25.1 Å². The average molecular weight is 367 g/mol. The van der Waals surface area contributed by atoms with Gasteiger partial charge in [0.25, 0.3) is 5.91 Å². The number of hydrogen-bond acceptors (Lipinski definition) is 4. The molecular weight excluding hydrogens is 342 g/mol. The summed E-state index contributed by atoms with van der Waals surface area (Å²) in [6, 6.07) is 11.9. The van der Waals surface area contributed by atoms with Crippen LogP contribution in [-0.2, 0) is 4.79 Å². The van der Waals surface area contributed by atoms with Crippen molar-refractivity contribution in [2.75, 3.05) is 26.2 Å². The van der Waals surface area contributed by atoms with Crippen LogP contribution >= 0.6 is 0 Å². The van der Waals surface area contributed by atoms with Gasteiger partial charge in [-0.25, -0.2) is 0 Å². The van der Waals surface area contributed by atoms with Gasteiger partial charge in [0.1, 0.15) is 0 Å². The number of nitrogens with zero attached hydrogens (tertiary/aromatic N) is 3. The lowest BCUT2D eigenvalue weighted by atomic mass is 9.98. The Balaban J connectivity index is 1.67. The van der Waals surface area contributed by atoms with Crippen LogP contribution in [0.15, 0.2) is 48.8 Å². The first-order chi connectivity index (χ1) is 13.0. The third-order valence-electron chi connectivity index (χ3n) is 5.04. The van der Waals surface area contributed by atoms with Gasteiger partial charge in [-0.05, 0) is 31.0 Å². The zero-order valence-corrected chi connectivity index (χ0v) is 15.5. The molecule has 142 valence electrons. The predicted molar refractivity (Wildman–Crippen MR) is 103 cm³/mol. The number of rotatable bonds is 6. The average Bonchev–Trinajstić information content (AvgIpc) is 2.70. The summed E-state index contributed by atoms with van der Waals surface area (Å²) in [4.78, 5) is 31.8. The molecule has 1 aliphatic heterocycles. The Morgan fingerprint density at radius 3 is 2.41 bits per heavy atom. The third-order valence-corrected chi connectivity index (χ3v) is 5.04. The van der Waals surface area contributed by atoms with Crippen LogP contribution < -0.4 is 0 Å². The van der Waals surface area contributed by atoms with Gasteiger partial charge in [-0.3, -0.25) is 19.5 Å². The summed E-state index contributed by atoms with van der Waals surface area (Å²) in [6.07, 6.45) is 3.95. The highest BCUT2D eigenvalue weighted by molar-refractivity contribution is 5.93. The third kappa shape index (κ3) is 4.92. The highest BCUT2D eigenvalue weighted by Crippen LogP contribution is 2.27. The Morgan fingerprint density at radius 2 is 1.81 bits per heavy atom. The van der Waals surface area contributed by atoms with Crippen LogP contribution in [0, 0.1) is 6.92 Å². The van der Waals surface area contributed by atoms with Gasteiger partial charge in [0.2, 0.25) is 0 Å². The Hall–Kier alpha value is -2.73. The van der Waals surface area contributed by atoms with Crippen LogP contribution in [-0.4, -0.2) is 57.9 Å². The molecule has 2 heterocycles. The molecule has 6 nitrogen and oxygen atoms in total. The molecule has 1 N–H and O–H groups in total. The normalized spacial score (nSPS) is 16.1. The number of benzene rings is 1. The number of aliphatic carboxylic acids is 1. The van der Waals surface area contributed by atoms with Crippen LogP contribution in [0.1, 0.15) is 40.4 Å². The fraction of sp³-hybridized carbons (Fsp3) is 0.381. The van der Waals surface area contributed by atoms with Gasteiger partial charge >= 0.3 is 5.97 Å². The minimum atomic E-state index is -0.780. The lowest BCUT2D eigenvalue weighted by Gasteiger charge is -2.39. The van der Waals surface area contributed by atoms with Crippen molar-refractivity contribution >= 4 is 11.9 Å². The number of aromatic nitrogens is 1. The Bertz CT molecular complexity index is 769. The van der Waals surface area contributed by atoms with Gasteiger partial charge < -0.3 is 10.0 Å². The van der Waals surface area contributed by atoms with Crippen molar-refractivity contribution in [2.45, 2.75) is 25.8 Å². The second-order valence-electron chi connectivity index (χ2n) is 6.93. The summed E-state index contributed by atoms with van der Waals surface area (Å²) in [6.45, 7) is 4.75. The summed E-state index contributed by atoms with van der Waals surface area (Å²) in [7, 11) is 0. The van der Waals surface area contributed by atoms with Gasteiger partial charge in [0.15, 0.2) is 0 Å². The van der Waals surface area contributed by atoms with Crippen LogP contribution in [0.4, 0.5) is 0 Å². The van der Waals surface area contributed by atoms with Crippen molar-refractivity contribution in [1.29, 1.82) is 0 Å². The summed E-state index contributed by atoms with van der Waals surface area (Å²) in [5, 5.41) is 9.12. The zero-order valence-electron chi connectivity index (χ0n) is 15.5. The lowest BCUT2D eigenvalue weighted by Crippen LogP contribution is -2.49. The fourth-order valence-electron chi connectivity index (χ4n) is 3.52. The Morgan fingerprint density at radius 1 is 1.11 bits per heavy atom. The molecule has 0 saturated carbocycles. The van der Waals surface area contributed by atoms with E-state index in [-0.39, 0.29) is 18.4 Å². The van der Waals surface area contributed by atoms with Crippen molar-refractivity contribution in [3.05, 3.63) is 65.5 Å². The maximum atomic E-state index is 12.6. The molecule has 0 unspecified atom stereocenters. The Kier molecular flexibility index (Phi) is 6.19. The molecule has 1 aromatic heterocycles. The minimum absolute atomic E-state index is 0.000159. The standard InChI is InChI=1S/C21H25N3O3/c1-16-4-6-17(7-5-16)19(8-9-20(25)26)23-11-13-24(14-12-23)21(27)18-3-2-10-22-15-18/h2-7,10,15,19H,8-9,11-14H2,1H3,(H,25,26)/t19-/m0/s1. The summed E-state index contributed by atoms with van der Waals surface area (Å²) in [5.74, 6) is -0.780. The quantitative estimate of drug-likeness (QED) is 0.850. The SMILES string of the molecule is Cc1ccc([C@H](CCC(=O)O)N2CCN(C(=O)c3cccnc3)CC2)cc1. The summed E-state index contributed by atoms with van der Waals surface area (Å²) in [5.41, 5.74) is 2.92. The number of carbonyl (C=O) groups excluding carboxylic acids is 1. The van der Waals surface area contributed by atoms with Crippen molar-refractivity contribution < 1.29 is 14.7 Å². The first kappa shape index (κ1) is 19.0. The van der Waals surface area contributed by atoms with Gasteiger partial charge in [-0.1, -0.05) is 29.8 Å². The van der Waals surface area contributed by atoms with E-state index < -0.39 is 5.97 Å². The number of hydrogen-bond donors (Lipinski definition) is 1. The summed E-state index contributed by atoms with van der Waals surface area (Å²) >= 11 is 0. The molecule has 1 saturated heterocycles. The van der Waals surface area contributed by atoms with Crippen LogP contribution in [0.25, 0.3) is 0 Å². The van der Waals surface area contributed by atoms with Crippen LogP contribution in [0.2, 0.25) is 0 Å². The molecule has 1 aliphatic rings. The van der Waals surface area contributed by atoms with Crippen molar-refractivity contribution in [3.63, 3.8) is 0 Å². The van der Waals surface area contributed by atoms with Gasteiger partial charge in [-0.15, -0.1) is 0 Å². The molecule has 6 heteroatoms. The zero-order chi connectivity index (χ0) is 19.2. The van der Waals surface area contributed by atoms with Gasteiger partial charge in [-0.2, -0.15) is 0 Å². The molecule has 1 atom stereocenters. The Labute approximate surface area is 159 Å². The van der Waals surface area contributed by atoms with E-state index in [4.69, 9.17) is 5.11 Å². The molecule has 3 rings (SSSR count). The first-order valence-electron chi connectivity index (χ1n) is 9.26. The van der Waals surface area contributed by atoms with Crippen molar-refractivity contribution in [2.24, 2.45) is 0 Å². The van der Waals surface area contributed by atoms with E-state index in [2.05, 4.69) is 34.1 Å². The van der Waals surface area contributed by atoms with Gasteiger partial charge in [0, 0.05) is 51.0 Å². The second-order valence-corrected chi connectivity index (χ2v) is 6.93. The fourth-order valence-corrected chi connectivity index (χ4v) is 3.52. The van der Waals surface area contributed by atoms with Crippen molar-refractivity contribution in [1.82, 2.24) is 14.8 Å². The van der Waals surface area contributed by atoms with E-state index in [1.165, 1.54) is 5.56 Å². The van der Waals surface area contributed by atoms with E-state index in [9.17, 15) is 9.59 Å². The summed E-state index contributed by atoms with van der Waals surface area (Å²) < 4.78 is 0. The molecule has 0 spiro atoms.